The van der Waals surface area contributed by atoms with Gasteiger partial charge in [-0.2, -0.15) is 13.2 Å². The van der Waals surface area contributed by atoms with Crippen LogP contribution in [0.15, 0.2) is 47.4 Å². The molecule has 218 valence electrons. The lowest BCUT2D eigenvalue weighted by Gasteiger charge is -2.23. The number of carbonyl (C=O) groups is 1. The zero-order valence-electron chi connectivity index (χ0n) is 24.7. The van der Waals surface area contributed by atoms with E-state index in [0.717, 1.165) is 23.1 Å². The summed E-state index contributed by atoms with van der Waals surface area (Å²) in [5, 5.41) is 11.2. The lowest BCUT2D eigenvalue weighted by atomic mass is 9.87. The summed E-state index contributed by atoms with van der Waals surface area (Å²) in [6.45, 7) is 21.0. The van der Waals surface area contributed by atoms with Gasteiger partial charge in [-0.25, -0.2) is 13.1 Å². The van der Waals surface area contributed by atoms with Gasteiger partial charge in [0.25, 0.3) is 5.91 Å². The normalized spacial score (nSPS) is 16.3. The van der Waals surface area contributed by atoms with Crippen LogP contribution in [0.25, 0.3) is 0 Å². The Balaban J connectivity index is 0. The molecule has 0 saturated heterocycles. The number of anilines is 1. The number of rotatable bonds is 3. The number of nitrogens with one attached hydrogen (secondary N) is 1. The number of halogens is 3. The van der Waals surface area contributed by atoms with Gasteiger partial charge in [-0.3, -0.25) is 4.79 Å². The monoisotopic (exact) mass is 562 g/mol. The number of likely N-dealkylation sites (N-methyl/N-ethyl adjacent to an activating group) is 1. The molecule has 1 aliphatic rings. The topological polar surface area (TPSA) is 86.7 Å². The van der Waals surface area contributed by atoms with Gasteiger partial charge in [-0.15, -0.1) is 0 Å². The van der Waals surface area contributed by atoms with E-state index in [1.165, 1.54) is 31.3 Å². The molecular weight excluding hydrogens is 517 g/mol. The number of fused-ring (bicyclic) bond motifs is 1. The quantitative estimate of drug-likeness (QED) is 0.418. The number of sulfonamides is 1. The summed E-state index contributed by atoms with van der Waals surface area (Å²) in [5.74, 6) is -0.833. The summed E-state index contributed by atoms with van der Waals surface area (Å²) in [5.41, 5.74) is -3.91. The summed E-state index contributed by atoms with van der Waals surface area (Å²) in [6, 6.07) is 7.67. The summed E-state index contributed by atoms with van der Waals surface area (Å²) >= 11 is 0. The molecule has 0 bridgehead atoms. The average molecular weight is 563 g/mol. The first kappa shape index (κ1) is 37.7. The SMILES string of the molecule is CC.CC.CC.CC.CN1C(=O)C(O)(c2ccc(S(=O)(=O)NC(C)(C)C)cc2)c2ccc(C(F)(F)F)cc21. The molecule has 1 heterocycles. The number of aliphatic hydroxyl groups is 1. The van der Waals surface area contributed by atoms with Crippen molar-refractivity contribution in [1.82, 2.24) is 4.72 Å². The first-order valence-electron chi connectivity index (χ1n) is 12.9. The Kier molecular flexibility index (Phi) is 15.1. The van der Waals surface area contributed by atoms with Gasteiger partial charge >= 0.3 is 6.18 Å². The zero-order valence-corrected chi connectivity index (χ0v) is 25.5. The third-order valence-corrected chi connectivity index (χ3v) is 6.49. The van der Waals surface area contributed by atoms with Crippen LogP contribution in [-0.2, 0) is 26.6 Å². The van der Waals surface area contributed by atoms with Crippen molar-refractivity contribution < 1.29 is 31.5 Å². The van der Waals surface area contributed by atoms with E-state index >= 15 is 0 Å². The molecule has 0 radical (unpaired) electrons. The highest BCUT2D eigenvalue weighted by Crippen LogP contribution is 2.46. The van der Waals surface area contributed by atoms with Crippen molar-refractivity contribution in [2.24, 2.45) is 0 Å². The van der Waals surface area contributed by atoms with Gasteiger partial charge < -0.3 is 10.0 Å². The number of carbonyl (C=O) groups excluding carboxylic acids is 1. The number of hydrogen-bond acceptors (Lipinski definition) is 4. The van der Waals surface area contributed by atoms with Crippen molar-refractivity contribution in [3.8, 4) is 0 Å². The van der Waals surface area contributed by atoms with Gasteiger partial charge in [0.2, 0.25) is 10.0 Å². The first-order chi connectivity index (χ1) is 17.6. The van der Waals surface area contributed by atoms with Gasteiger partial charge in [0.15, 0.2) is 5.60 Å². The zero-order chi connectivity index (χ0) is 30.7. The van der Waals surface area contributed by atoms with Gasteiger partial charge in [0, 0.05) is 18.2 Å². The van der Waals surface area contributed by atoms with E-state index in [9.17, 15) is 31.5 Å². The van der Waals surface area contributed by atoms with Crippen LogP contribution in [0.4, 0.5) is 18.9 Å². The van der Waals surface area contributed by atoms with Crippen LogP contribution in [0, 0.1) is 0 Å². The van der Waals surface area contributed by atoms with E-state index in [2.05, 4.69) is 4.72 Å². The summed E-state index contributed by atoms with van der Waals surface area (Å²) < 4.78 is 66.5. The number of amides is 1. The van der Waals surface area contributed by atoms with Crippen LogP contribution in [0.5, 0.6) is 0 Å². The minimum atomic E-state index is -4.60. The molecule has 38 heavy (non-hydrogen) atoms. The molecule has 1 unspecified atom stereocenters. The maximum absolute atomic E-state index is 13.0. The lowest BCUT2D eigenvalue weighted by molar-refractivity contribution is -0.137. The Labute approximate surface area is 227 Å². The third kappa shape index (κ3) is 8.54. The van der Waals surface area contributed by atoms with Crippen LogP contribution >= 0.6 is 0 Å². The Hall–Kier alpha value is -2.43. The molecule has 0 fully saturated rings. The molecule has 0 aliphatic carbocycles. The molecule has 1 aliphatic heterocycles. The lowest BCUT2D eigenvalue weighted by Crippen LogP contribution is -2.41. The van der Waals surface area contributed by atoms with E-state index in [1.807, 2.05) is 55.4 Å². The predicted molar refractivity (Wildman–Crippen MR) is 150 cm³/mol. The molecule has 6 nitrogen and oxygen atoms in total. The minimum absolute atomic E-state index is 0.00794. The van der Waals surface area contributed by atoms with E-state index in [1.54, 1.807) is 20.8 Å². The second kappa shape index (κ2) is 15.2. The number of hydrogen-bond donors (Lipinski definition) is 2. The van der Waals surface area contributed by atoms with Crippen molar-refractivity contribution in [2.75, 3.05) is 11.9 Å². The number of alkyl halides is 3. The van der Waals surface area contributed by atoms with Gasteiger partial charge in [0.1, 0.15) is 0 Å². The summed E-state index contributed by atoms with van der Waals surface area (Å²) in [7, 11) is -2.57. The molecule has 0 saturated carbocycles. The van der Waals surface area contributed by atoms with Crippen molar-refractivity contribution in [1.29, 1.82) is 0 Å². The molecule has 10 heteroatoms. The van der Waals surface area contributed by atoms with Gasteiger partial charge in [-0.1, -0.05) is 73.6 Å². The van der Waals surface area contributed by atoms with Gasteiger partial charge in [-0.05, 0) is 50.6 Å². The molecule has 2 aromatic rings. The summed E-state index contributed by atoms with van der Waals surface area (Å²) in [6.07, 6.45) is -4.60. The molecule has 2 N–H and O–H groups in total. The average Bonchev–Trinajstić information content (AvgIpc) is 3.08. The fourth-order valence-electron chi connectivity index (χ4n) is 3.38. The van der Waals surface area contributed by atoms with Crippen LogP contribution in [-0.4, -0.2) is 32.0 Å². The van der Waals surface area contributed by atoms with E-state index in [4.69, 9.17) is 0 Å². The number of nitrogens with zero attached hydrogens (tertiary/aromatic N) is 1. The Morgan fingerprint density at radius 3 is 1.68 bits per heavy atom. The fraction of sp³-hybridized carbons (Fsp3) is 0.536. The Morgan fingerprint density at radius 2 is 1.29 bits per heavy atom. The highest BCUT2D eigenvalue weighted by molar-refractivity contribution is 7.89. The molecule has 3 rings (SSSR count). The highest BCUT2D eigenvalue weighted by atomic mass is 32.2. The Bertz CT molecular complexity index is 1110. The molecule has 1 amide bonds. The van der Waals surface area contributed by atoms with Crippen molar-refractivity contribution in [3.05, 3.63) is 59.2 Å². The molecule has 0 spiro atoms. The third-order valence-electron chi connectivity index (χ3n) is 4.71. The van der Waals surface area contributed by atoms with Crippen LogP contribution < -0.4 is 9.62 Å². The van der Waals surface area contributed by atoms with Crippen molar-refractivity contribution in [2.45, 2.75) is 98.4 Å². The number of benzene rings is 2. The second-order valence-corrected chi connectivity index (χ2v) is 9.87. The smallest absolute Gasteiger partial charge is 0.372 e. The predicted octanol–water partition coefficient (Wildman–Crippen LogP) is 7.10. The largest absolute Gasteiger partial charge is 0.416 e. The summed E-state index contributed by atoms with van der Waals surface area (Å²) in [4.78, 5) is 13.7. The van der Waals surface area contributed by atoms with Gasteiger partial charge in [0.05, 0.1) is 16.1 Å². The molecule has 2 aromatic carbocycles. The molecular formula is C28H45F3N2O4S. The molecule has 1 atom stereocenters. The maximum atomic E-state index is 13.0. The van der Waals surface area contributed by atoms with Crippen LogP contribution in [0.3, 0.4) is 0 Å². The minimum Gasteiger partial charge on any atom is -0.372 e. The van der Waals surface area contributed by atoms with Crippen LogP contribution in [0.1, 0.15) is 92.9 Å². The van der Waals surface area contributed by atoms with Crippen LogP contribution in [0.2, 0.25) is 0 Å². The first-order valence-corrected chi connectivity index (χ1v) is 14.4. The van der Waals surface area contributed by atoms with E-state index in [0.29, 0.717) is 0 Å². The van der Waals surface area contributed by atoms with E-state index in [-0.39, 0.29) is 21.7 Å². The molecule has 0 aromatic heterocycles. The fourth-order valence-corrected chi connectivity index (χ4v) is 4.79. The Morgan fingerprint density at radius 1 is 0.842 bits per heavy atom. The highest BCUT2D eigenvalue weighted by Gasteiger charge is 2.50. The second-order valence-electron chi connectivity index (χ2n) is 8.18. The van der Waals surface area contributed by atoms with E-state index < -0.39 is 38.8 Å². The maximum Gasteiger partial charge on any atom is 0.416 e. The van der Waals surface area contributed by atoms with Crippen molar-refractivity contribution in [3.63, 3.8) is 0 Å². The standard InChI is InChI=1S/C20H21F3N2O4S.4C2H6/c1-18(2,3)24-30(28,29)14-8-5-12(6-9-14)19(27)15-10-7-13(20(21,22)23)11-16(15)25(4)17(19)26;4*1-2/h5-11,24,27H,1-4H3;4*1-2H3. The van der Waals surface area contributed by atoms with Crippen molar-refractivity contribution >= 4 is 21.6 Å².